The van der Waals surface area contributed by atoms with E-state index < -0.39 is 0 Å². The Morgan fingerprint density at radius 1 is 1.16 bits per heavy atom. The Bertz CT molecular complexity index is 795. The summed E-state index contributed by atoms with van der Waals surface area (Å²) in [6.45, 7) is 16.6. The predicted octanol–water partition coefficient (Wildman–Crippen LogP) is 3.91. The first-order valence-electron chi connectivity index (χ1n) is 11.1. The van der Waals surface area contributed by atoms with Crippen LogP contribution in [0.3, 0.4) is 0 Å². The number of carbonyl (C=O) groups is 1. The zero-order valence-corrected chi connectivity index (χ0v) is 19.7. The van der Waals surface area contributed by atoms with Gasteiger partial charge in [0, 0.05) is 56.6 Å². The quantitative estimate of drug-likeness (QED) is 0.236. The average Bonchev–Trinajstić information content (AvgIpc) is 3.51. The van der Waals surface area contributed by atoms with Crippen LogP contribution in [0.1, 0.15) is 33.1 Å². The number of hydrogen-bond acceptors (Lipinski definition) is 6. The summed E-state index contributed by atoms with van der Waals surface area (Å²) in [6, 6.07) is 0. The molecule has 0 spiro atoms. The van der Waals surface area contributed by atoms with Crippen LogP contribution in [0.15, 0.2) is 57.3 Å². The summed E-state index contributed by atoms with van der Waals surface area (Å²) in [5.74, 6) is 1.84. The molecule has 1 saturated carbocycles. The van der Waals surface area contributed by atoms with E-state index in [1.165, 1.54) is 36.6 Å². The summed E-state index contributed by atoms with van der Waals surface area (Å²) < 4.78 is 2.21. The van der Waals surface area contributed by atoms with Gasteiger partial charge in [-0.3, -0.25) is 14.8 Å². The number of allylic oxidation sites excluding steroid dienone is 4. The Labute approximate surface area is 191 Å². The maximum absolute atomic E-state index is 13.0. The first-order valence-corrected chi connectivity index (χ1v) is 12.1. The predicted molar refractivity (Wildman–Crippen MR) is 132 cm³/mol. The van der Waals surface area contributed by atoms with E-state index in [2.05, 4.69) is 58.5 Å². The van der Waals surface area contributed by atoms with E-state index in [0.717, 1.165) is 37.0 Å². The van der Waals surface area contributed by atoms with Crippen molar-refractivity contribution >= 4 is 30.8 Å². The molecule has 3 rings (SSSR count). The highest BCUT2D eigenvalue weighted by molar-refractivity contribution is 7.97. The lowest BCUT2D eigenvalue weighted by Crippen LogP contribution is -2.48. The molecular weight excluding hydrogens is 406 g/mol. The molecule has 0 radical (unpaired) electrons. The average molecular weight is 442 g/mol. The lowest BCUT2D eigenvalue weighted by atomic mass is 10.1. The van der Waals surface area contributed by atoms with Crippen LogP contribution in [0.4, 0.5) is 0 Å². The van der Waals surface area contributed by atoms with Crippen LogP contribution in [0, 0.1) is 5.92 Å². The number of amides is 1. The highest BCUT2D eigenvalue weighted by Gasteiger charge is 2.26. The van der Waals surface area contributed by atoms with E-state index in [1.807, 2.05) is 4.90 Å². The van der Waals surface area contributed by atoms with E-state index in [0.29, 0.717) is 25.3 Å². The van der Waals surface area contributed by atoms with Gasteiger partial charge in [-0.1, -0.05) is 30.7 Å². The van der Waals surface area contributed by atoms with Crippen molar-refractivity contribution in [3.8, 4) is 0 Å². The smallest absolute Gasteiger partial charge is 0.257 e. The van der Waals surface area contributed by atoms with Crippen molar-refractivity contribution in [2.24, 2.45) is 15.9 Å². The molecule has 2 heterocycles. The minimum atomic E-state index is -0.0345. The van der Waals surface area contributed by atoms with Crippen LogP contribution >= 0.6 is 11.9 Å². The third-order valence-electron chi connectivity index (χ3n) is 5.94. The molecular formula is C24H35N5OS. The summed E-state index contributed by atoms with van der Waals surface area (Å²) in [5, 5.41) is 0. The van der Waals surface area contributed by atoms with Gasteiger partial charge in [0.2, 0.25) is 0 Å². The maximum Gasteiger partial charge on any atom is 0.257 e. The third-order valence-corrected chi connectivity index (χ3v) is 7.08. The lowest BCUT2D eigenvalue weighted by Gasteiger charge is -2.37. The minimum Gasteiger partial charge on any atom is -0.368 e. The molecule has 6 nitrogen and oxygen atoms in total. The SMILES string of the molecule is C=N/C=C(\C=N/CN1CCCS1)C(=O)N1CCN(C(=C)/C(C)=C\C(=C/C)C2CC2)CC1. The zero-order chi connectivity index (χ0) is 22.2. The van der Waals surface area contributed by atoms with Crippen LogP contribution < -0.4 is 0 Å². The minimum absolute atomic E-state index is 0.0345. The van der Waals surface area contributed by atoms with Gasteiger partial charge in [0.15, 0.2) is 0 Å². The van der Waals surface area contributed by atoms with Gasteiger partial charge in [0.25, 0.3) is 5.91 Å². The van der Waals surface area contributed by atoms with Gasteiger partial charge < -0.3 is 9.80 Å². The summed E-state index contributed by atoms with van der Waals surface area (Å²) >= 11 is 1.81. The summed E-state index contributed by atoms with van der Waals surface area (Å²) in [4.78, 5) is 25.4. The molecule has 0 atom stereocenters. The van der Waals surface area contributed by atoms with Gasteiger partial charge in [0.05, 0.1) is 5.57 Å². The molecule has 2 saturated heterocycles. The molecule has 1 amide bonds. The Hall–Kier alpha value is -2.12. The highest BCUT2D eigenvalue weighted by atomic mass is 32.2. The first-order chi connectivity index (χ1) is 15.0. The van der Waals surface area contributed by atoms with Crippen molar-refractivity contribution < 1.29 is 4.79 Å². The van der Waals surface area contributed by atoms with Gasteiger partial charge in [-0.15, -0.1) is 0 Å². The molecule has 2 aliphatic heterocycles. The van der Waals surface area contributed by atoms with E-state index in [9.17, 15) is 4.79 Å². The van der Waals surface area contributed by atoms with Crippen molar-refractivity contribution in [3.05, 3.63) is 47.3 Å². The number of piperazine rings is 1. The molecule has 0 aromatic carbocycles. The van der Waals surface area contributed by atoms with Crippen LogP contribution in [-0.2, 0) is 4.79 Å². The van der Waals surface area contributed by atoms with Crippen molar-refractivity contribution in [2.45, 2.75) is 33.1 Å². The maximum atomic E-state index is 13.0. The van der Waals surface area contributed by atoms with Gasteiger partial charge in [-0.2, -0.15) is 0 Å². The van der Waals surface area contributed by atoms with Crippen molar-refractivity contribution in [1.29, 1.82) is 0 Å². The molecule has 0 N–H and O–H groups in total. The van der Waals surface area contributed by atoms with Crippen molar-refractivity contribution in [3.63, 3.8) is 0 Å². The normalized spacial score (nSPS) is 21.8. The Balaban J connectivity index is 1.53. The fourth-order valence-corrected chi connectivity index (χ4v) is 4.80. The number of hydrogen-bond donors (Lipinski definition) is 0. The van der Waals surface area contributed by atoms with Crippen molar-refractivity contribution in [1.82, 2.24) is 14.1 Å². The second-order valence-corrected chi connectivity index (χ2v) is 9.41. The standard InChI is InChI=1S/C24H35N5OS/c1-5-21(22-7-8-22)15-19(2)20(3)27-10-12-28(13-11-27)24(30)23(16-25-4)17-26-18-29-9-6-14-31-29/h5,15-17,22H,3-4,6-14,18H2,1-2H3/b19-15-,21-5+,23-16+,26-17-. The topological polar surface area (TPSA) is 51.5 Å². The molecule has 3 aliphatic rings. The van der Waals surface area contributed by atoms with Crippen molar-refractivity contribution in [2.75, 3.05) is 45.1 Å². The molecule has 168 valence electrons. The van der Waals surface area contributed by atoms with Crippen LogP contribution in [-0.4, -0.2) is 78.1 Å². The molecule has 1 aliphatic carbocycles. The number of rotatable bonds is 9. The Kier molecular flexibility index (Phi) is 8.72. The largest absolute Gasteiger partial charge is 0.368 e. The molecule has 0 aromatic rings. The molecule has 0 bridgehead atoms. The number of carbonyl (C=O) groups excluding carboxylic acids is 1. The van der Waals surface area contributed by atoms with Gasteiger partial charge >= 0.3 is 0 Å². The number of nitrogens with zero attached hydrogens (tertiary/aromatic N) is 5. The lowest BCUT2D eigenvalue weighted by molar-refractivity contribution is -0.128. The van der Waals surface area contributed by atoms with E-state index in [1.54, 1.807) is 18.2 Å². The summed E-state index contributed by atoms with van der Waals surface area (Å²) in [7, 11) is 0. The third kappa shape index (κ3) is 6.68. The monoisotopic (exact) mass is 441 g/mol. The van der Waals surface area contributed by atoms with E-state index in [-0.39, 0.29) is 5.91 Å². The van der Waals surface area contributed by atoms with E-state index in [4.69, 9.17) is 0 Å². The fraction of sp³-hybridized carbons (Fsp3) is 0.542. The second kappa shape index (κ2) is 11.5. The molecule has 0 aromatic heterocycles. The van der Waals surface area contributed by atoms with Crippen LogP contribution in [0.5, 0.6) is 0 Å². The first kappa shape index (κ1) is 23.5. The van der Waals surface area contributed by atoms with Gasteiger partial charge in [0.1, 0.15) is 6.67 Å². The molecule has 0 unspecified atom stereocenters. The summed E-state index contributed by atoms with van der Waals surface area (Å²) in [5.41, 5.74) is 4.18. The summed E-state index contributed by atoms with van der Waals surface area (Å²) in [6.07, 6.45) is 11.4. The van der Waals surface area contributed by atoms with Crippen LogP contribution in [0.2, 0.25) is 0 Å². The zero-order valence-electron chi connectivity index (χ0n) is 18.9. The van der Waals surface area contributed by atoms with E-state index >= 15 is 0 Å². The number of aliphatic imine (C=N–C) groups is 2. The van der Waals surface area contributed by atoms with Gasteiger partial charge in [-0.25, -0.2) is 4.31 Å². The van der Waals surface area contributed by atoms with Gasteiger partial charge in [-0.05, 0) is 56.9 Å². The van der Waals surface area contributed by atoms with Crippen LogP contribution in [0.25, 0.3) is 0 Å². The highest BCUT2D eigenvalue weighted by Crippen LogP contribution is 2.38. The Morgan fingerprint density at radius 3 is 2.45 bits per heavy atom. The second-order valence-electron chi connectivity index (χ2n) is 8.23. The Morgan fingerprint density at radius 2 is 1.87 bits per heavy atom. The molecule has 3 fully saturated rings. The molecule has 7 heteroatoms. The molecule has 31 heavy (non-hydrogen) atoms. The fourth-order valence-electron chi connectivity index (χ4n) is 3.88.